The van der Waals surface area contributed by atoms with Crippen molar-refractivity contribution < 1.29 is 19.1 Å². The van der Waals surface area contributed by atoms with Gasteiger partial charge < -0.3 is 9.64 Å². The molecule has 0 atom stereocenters. The van der Waals surface area contributed by atoms with E-state index in [1.165, 1.54) is 0 Å². The maximum atomic E-state index is 12.4. The molecule has 8 heteroatoms. The molecule has 3 amide bonds. The standard InChI is InChI=1S/C21H26N4O4/c1-21(2,3)29-20(28)25-12-10-15(11-13-25)18(26)23-24-19(27)17-9-8-14-6-4-5-7-16(14)22-17/h4-9,15H,10-13H2,1-3H3,(H,23,26)(H,24,27). The van der Waals surface area contributed by atoms with Crippen LogP contribution < -0.4 is 10.9 Å². The van der Waals surface area contributed by atoms with Gasteiger partial charge in [0.15, 0.2) is 0 Å². The highest BCUT2D eigenvalue weighted by Crippen LogP contribution is 2.19. The molecular weight excluding hydrogens is 372 g/mol. The number of carbonyl (C=O) groups is 3. The summed E-state index contributed by atoms with van der Waals surface area (Å²) < 4.78 is 5.35. The first-order valence-corrected chi connectivity index (χ1v) is 9.67. The Morgan fingerprint density at radius 3 is 2.41 bits per heavy atom. The van der Waals surface area contributed by atoms with Crippen LogP contribution >= 0.6 is 0 Å². The van der Waals surface area contributed by atoms with Crippen LogP contribution in [0.15, 0.2) is 36.4 Å². The predicted octanol–water partition coefficient (Wildman–Crippen LogP) is 2.64. The van der Waals surface area contributed by atoms with Gasteiger partial charge in [-0.2, -0.15) is 0 Å². The molecule has 29 heavy (non-hydrogen) atoms. The molecule has 154 valence electrons. The number of pyridine rings is 1. The molecule has 3 rings (SSSR count). The molecule has 1 aliphatic heterocycles. The molecule has 0 unspecified atom stereocenters. The number of aromatic nitrogens is 1. The largest absolute Gasteiger partial charge is 0.444 e. The Morgan fingerprint density at radius 1 is 1.03 bits per heavy atom. The summed E-state index contributed by atoms with van der Waals surface area (Å²) in [5.41, 5.74) is 5.27. The lowest BCUT2D eigenvalue weighted by Gasteiger charge is -2.32. The summed E-state index contributed by atoms with van der Waals surface area (Å²) in [6.07, 6.45) is 0.650. The number of ether oxygens (including phenoxy) is 1. The monoisotopic (exact) mass is 398 g/mol. The van der Waals surface area contributed by atoms with Crippen molar-refractivity contribution in [3.05, 3.63) is 42.1 Å². The number of carbonyl (C=O) groups excluding carboxylic acids is 3. The third-order valence-electron chi connectivity index (χ3n) is 4.65. The molecule has 0 spiro atoms. The number of hydrogen-bond donors (Lipinski definition) is 2. The second-order valence-electron chi connectivity index (χ2n) is 8.07. The first kappa shape index (κ1) is 20.6. The Morgan fingerprint density at radius 2 is 1.72 bits per heavy atom. The molecule has 1 fully saturated rings. The zero-order chi connectivity index (χ0) is 21.0. The van der Waals surface area contributed by atoms with Gasteiger partial charge in [-0.05, 0) is 45.7 Å². The van der Waals surface area contributed by atoms with Gasteiger partial charge >= 0.3 is 6.09 Å². The van der Waals surface area contributed by atoms with E-state index in [0.29, 0.717) is 31.4 Å². The quantitative estimate of drug-likeness (QED) is 0.758. The second kappa shape index (κ2) is 8.46. The molecule has 0 aliphatic carbocycles. The van der Waals surface area contributed by atoms with Crippen LogP contribution in [0, 0.1) is 5.92 Å². The normalized spacial score (nSPS) is 15.1. The third kappa shape index (κ3) is 5.43. The van der Waals surface area contributed by atoms with Gasteiger partial charge in [0.25, 0.3) is 5.91 Å². The number of nitrogens with zero attached hydrogens (tertiary/aromatic N) is 2. The number of likely N-dealkylation sites (tertiary alicyclic amines) is 1. The number of fused-ring (bicyclic) bond motifs is 1. The fourth-order valence-electron chi connectivity index (χ4n) is 3.13. The summed E-state index contributed by atoms with van der Waals surface area (Å²) in [5.74, 6) is -1.03. The van der Waals surface area contributed by atoms with Gasteiger partial charge in [0.05, 0.1) is 5.52 Å². The molecule has 1 saturated heterocycles. The predicted molar refractivity (Wildman–Crippen MR) is 108 cm³/mol. The number of hydrogen-bond acceptors (Lipinski definition) is 5. The van der Waals surface area contributed by atoms with E-state index in [1.54, 1.807) is 11.0 Å². The fraction of sp³-hybridized carbons (Fsp3) is 0.429. The van der Waals surface area contributed by atoms with Gasteiger partial charge in [0.2, 0.25) is 5.91 Å². The van der Waals surface area contributed by atoms with Crippen LogP contribution in [0.1, 0.15) is 44.1 Å². The van der Waals surface area contributed by atoms with Crippen molar-refractivity contribution in [1.82, 2.24) is 20.7 Å². The third-order valence-corrected chi connectivity index (χ3v) is 4.65. The van der Waals surface area contributed by atoms with Crippen LogP contribution in [0.3, 0.4) is 0 Å². The van der Waals surface area contributed by atoms with Gasteiger partial charge in [-0.3, -0.25) is 20.4 Å². The van der Waals surface area contributed by atoms with Crippen molar-refractivity contribution in [1.29, 1.82) is 0 Å². The molecule has 8 nitrogen and oxygen atoms in total. The minimum absolute atomic E-state index is 0.226. The van der Waals surface area contributed by atoms with E-state index in [1.807, 2.05) is 51.1 Å². The number of piperidine rings is 1. The first-order chi connectivity index (χ1) is 13.7. The van der Waals surface area contributed by atoms with Crippen LogP contribution in [0.25, 0.3) is 10.9 Å². The van der Waals surface area contributed by atoms with Gasteiger partial charge in [-0.15, -0.1) is 0 Å². The van der Waals surface area contributed by atoms with Crippen molar-refractivity contribution in [2.75, 3.05) is 13.1 Å². The molecule has 1 aromatic carbocycles. The van der Waals surface area contributed by atoms with Crippen LogP contribution in [0.4, 0.5) is 4.79 Å². The molecule has 0 radical (unpaired) electrons. The van der Waals surface area contributed by atoms with E-state index >= 15 is 0 Å². The molecule has 1 aromatic heterocycles. The number of hydrazine groups is 1. The summed E-state index contributed by atoms with van der Waals surface area (Å²) in [6.45, 7) is 6.33. The van der Waals surface area contributed by atoms with Crippen molar-refractivity contribution in [3.63, 3.8) is 0 Å². The zero-order valence-corrected chi connectivity index (χ0v) is 16.9. The highest BCUT2D eigenvalue weighted by molar-refractivity contribution is 5.96. The molecule has 2 heterocycles. The Labute approximate surface area is 169 Å². The first-order valence-electron chi connectivity index (χ1n) is 9.67. The highest BCUT2D eigenvalue weighted by Gasteiger charge is 2.30. The van der Waals surface area contributed by atoms with Gasteiger partial charge in [0, 0.05) is 24.4 Å². The SMILES string of the molecule is CC(C)(C)OC(=O)N1CCC(C(=O)NNC(=O)c2ccc3ccccc3n2)CC1. The van der Waals surface area contributed by atoms with Crippen LogP contribution in [0.2, 0.25) is 0 Å². The summed E-state index contributed by atoms with van der Waals surface area (Å²) in [7, 11) is 0. The Hall–Kier alpha value is -3.16. The topological polar surface area (TPSA) is 101 Å². The van der Waals surface area contributed by atoms with Gasteiger partial charge in [0.1, 0.15) is 11.3 Å². The van der Waals surface area contributed by atoms with Crippen molar-refractivity contribution in [2.45, 2.75) is 39.2 Å². The lowest BCUT2D eigenvalue weighted by molar-refractivity contribution is -0.127. The van der Waals surface area contributed by atoms with E-state index < -0.39 is 11.5 Å². The number of para-hydroxylation sites is 1. The van der Waals surface area contributed by atoms with Crippen molar-refractivity contribution in [2.24, 2.45) is 5.92 Å². The van der Waals surface area contributed by atoms with Crippen molar-refractivity contribution >= 4 is 28.8 Å². The summed E-state index contributed by atoms with van der Waals surface area (Å²) in [5, 5.41) is 0.935. The fourth-order valence-corrected chi connectivity index (χ4v) is 3.13. The molecular formula is C21H26N4O4. The maximum Gasteiger partial charge on any atom is 0.410 e. The van der Waals surface area contributed by atoms with Crippen LogP contribution in [0.5, 0.6) is 0 Å². The van der Waals surface area contributed by atoms with Crippen LogP contribution in [-0.2, 0) is 9.53 Å². The Balaban J connectivity index is 1.48. The second-order valence-corrected chi connectivity index (χ2v) is 8.07. The lowest BCUT2D eigenvalue weighted by atomic mass is 9.96. The number of amides is 3. The number of rotatable bonds is 2. The molecule has 2 N–H and O–H groups in total. The van der Waals surface area contributed by atoms with E-state index in [9.17, 15) is 14.4 Å². The number of benzene rings is 1. The smallest absolute Gasteiger partial charge is 0.410 e. The van der Waals surface area contributed by atoms with Gasteiger partial charge in [-0.25, -0.2) is 9.78 Å². The van der Waals surface area contributed by atoms with Crippen LogP contribution in [-0.4, -0.2) is 46.5 Å². The van der Waals surface area contributed by atoms with E-state index in [2.05, 4.69) is 15.8 Å². The van der Waals surface area contributed by atoms with Crippen molar-refractivity contribution in [3.8, 4) is 0 Å². The molecule has 0 saturated carbocycles. The summed E-state index contributed by atoms with van der Waals surface area (Å²) in [4.78, 5) is 42.7. The summed E-state index contributed by atoms with van der Waals surface area (Å²) >= 11 is 0. The maximum absolute atomic E-state index is 12.4. The summed E-state index contributed by atoms with van der Waals surface area (Å²) in [6, 6.07) is 10.9. The Kier molecular flexibility index (Phi) is 6.00. The number of nitrogens with one attached hydrogen (secondary N) is 2. The van der Waals surface area contributed by atoms with E-state index in [-0.39, 0.29) is 23.6 Å². The molecule has 0 bridgehead atoms. The minimum Gasteiger partial charge on any atom is -0.444 e. The lowest BCUT2D eigenvalue weighted by Crippen LogP contribution is -2.48. The highest BCUT2D eigenvalue weighted by atomic mass is 16.6. The average molecular weight is 398 g/mol. The minimum atomic E-state index is -0.549. The van der Waals surface area contributed by atoms with E-state index in [4.69, 9.17) is 4.74 Å². The van der Waals surface area contributed by atoms with E-state index in [0.717, 1.165) is 5.39 Å². The molecule has 1 aliphatic rings. The zero-order valence-electron chi connectivity index (χ0n) is 16.9. The Bertz CT molecular complexity index is 914. The molecule has 2 aromatic rings. The van der Waals surface area contributed by atoms with Gasteiger partial charge in [-0.1, -0.05) is 24.3 Å². The average Bonchev–Trinajstić information content (AvgIpc) is 2.70.